The van der Waals surface area contributed by atoms with E-state index in [0.29, 0.717) is 19.0 Å². The molecule has 0 fully saturated rings. The second-order valence-electron chi connectivity index (χ2n) is 4.19. The van der Waals surface area contributed by atoms with Crippen molar-refractivity contribution >= 4 is 27.7 Å². The number of nitrogens with one attached hydrogen (secondary N) is 1. The number of carbonyl (C=O) groups is 1. The number of hydrogen-bond donors (Lipinski definition) is 1. The molecule has 0 aliphatic heterocycles. The summed E-state index contributed by atoms with van der Waals surface area (Å²) in [7, 11) is 0. The molecule has 106 valence electrons. The Bertz CT molecular complexity index is 566. The lowest BCUT2D eigenvalue weighted by Crippen LogP contribution is -2.20. The van der Waals surface area contributed by atoms with Gasteiger partial charge < -0.3 is 10.1 Å². The molecule has 5 nitrogen and oxygen atoms in total. The van der Waals surface area contributed by atoms with Crippen LogP contribution >= 0.6 is 15.9 Å². The average Bonchev–Trinajstić information content (AvgIpc) is 2.86. The monoisotopic (exact) mass is 337 g/mol. The summed E-state index contributed by atoms with van der Waals surface area (Å²) in [5.74, 6) is 0.488. The number of rotatable bonds is 6. The van der Waals surface area contributed by atoms with Gasteiger partial charge in [0, 0.05) is 17.1 Å². The maximum Gasteiger partial charge on any atom is 0.251 e. The molecule has 0 radical (unpaired) electrons. The first-order valence-corrected chi connectivity index (χ1v) is 7.12. The maximum absolute atomic E-state index is 11.6. The van der Waals surface area contributed by atoms with E-state index in [4.69, 9.17) is 4.74 Å². The SMILES string of the molecule is CCOCC(=O)Nc1ccnn1Cc1ccc(Br)cc1. The van der Waals surface area contributed by atoms with Gasteiger partial charge >= 0.3 is 0 Å². The van der Waals surface area contributed by atoms with E-state index in [-0.39, 0.29) is 12.5 Å². The highest BCUT2D eigenvalue weighted by Crippen LogP contribution is 2.14. The van der Waals surface area contributed by atoms with Gasteiger partial charge in [-0.25, -0.2) is 4.68 Å². The molecule has 1 N–H and O–H groups in total. The first-order valence-electron chi connectivity index (χ1n) is 6.33. The molecule has 1 aromatic carbocycles. The number of halogens is 1. The molecule has 0 saturated carbocycles. The smallest absolute Gasteiger partial charge is 0.251 e. The summed E-state index contributed by atoms with van der Waals surface area (Å²) >= 11 is 3.40. The highest BCUT2D eigenvalue weighted by atomic mass is 79.9. The van der Waals surface area contributed by atoms with E-state index in [1.165, 1.54) is 0 Å². The molecule has 1 heterocycles. The minimum absolute atomic E-state index is 0.0555. The van der Waals surface area contributed by atoms with E-state index in [2.05, 4.69) is 26.3 Å². The van der Waals surface area contributed by atoms with Crippen molar-refractivity contribution in [2.75, 3.05) is 18.5 Å². The van der Waals surface area contributed by atoms with Crippen molar-refractivity contribution in [1.82, 2.24) is 9.78 Å². The van der Waals surface area contributed by atoms with E-state index < -0.39 is 0 Å². The average molecular weight is 338 g/mol. The summed E-state index contributed by atoms with van der Waals surface area (Å²) in [6, 6.07) is 9.75. The van der Waals surface area contributed by atoms with Crippen LogP contribution in [0.25, 0.3) is 0 Å². The predicted molar refractivity (Wildman–Crippen MR) is 80.6 cm³/mol. The van der Waals surface area contributed by atoms with Gasteiger partial charge in [0.1, 0.15) is 12.4 Å². The lowest BCUT2D eigenvalue weighted by molar-refractivity contribution is -0.120. The topological polar surface area (TPSA) is 56.1 Å². The third-order valence-corrected chi connectivity index (χ3v) is 3.20. The van der Waals surface area contributed by atoms with Gasteiger partial charge in [-0.1, -0.05) is 28.1 Å². The quantitative estimate of drug-likeness (QED) is 0.881. The number of ether oxygens (including phenoxy) is 1. The Kier molecular flexibility index (Phi) is 5.31. The van der Waals surface area contributed by atoms with Crippen LogP contribution in [-0.2, 0) is 16.1 Å². The van der Waals surface area contributed by atoms with Gasteiger partial charge in [-0.05, 0) is 24.6 Å². The van der Waals surface area contributed by atoms with Crippen molar-refractivity contribution in [3.8, 4) is 0 Å². The minimum Gasteiger partial charge on any atom is -0.372 e. The number of amides is 1. The van der Waals surface area contributed by atoms with Crippen LogP contribution in [0.15, 0.2) is 41.0 Å². The van der Waals surface area contributed by atoms with E-state index >= 15 is 0 Å². The van der Waals surface area contributed by atoms with Gasteiger partial charge in [-0.2, -0.15) is 5.10 Å². The molecule has 0 aliphatic carbocycles. The molecule has 1 aromatic heterocycles. The second kappa shape index (κ2) is 7.21. The number of aromatic nitrogens is 2. The fourth-order valence-corrected chi connectivity index (χ4v) is 1.97. The van der Waals surface area contributed by atoms with Crippen LogP contribution < -0.4 is 5.32 Å². The Balaban J connectivity index is 2.01. The first-order chi connectivity index (χ1) is 9.69. The minimum atomic E-state index is -0.176. The second-order valence-corrected chi connectivity index (χ2v) is 5.10. The standard InChI is InChI=1S/C14H16BrN3O2/c1-2-20-10-14(19)17-13-7-8-16-18(13)9-11-3-5-12(15)6-4-11/h3-8H,2,9-10H2,1H3,(H,17,19). The fraction of sp³-hybridized carbons (Fsp3) is 0.286. The highest BCUT2D eigenvalue weighted by molar-refractivity contribution is 9.10. The van der Waals surface area contributed by atoms with E-state index in [1.807, 2.05) is 31.2 Å². The number of carbonyl (C=O) groups excluding carboxylic acids is 1. The molecule has 20 heavy (non-hydrogen) atoms. The Labute approximate surface area is 126 Å². The van der Waals surface area contributed by atoms with E-state index in [9.17, 15) is 4.79 Å². The predicted octanol–water partition coefficient (Wildman–Crippen LogP) is 2.67. The van der Waals surface area contributed by atoms with Crippen molar-refractivity contribution in [2.24, 2.45) is 0 Å². The van der Waals surface area contributed by atoms with E-state index in [1.54, 1.807) is 16.9 Å². The molecule has 0 unspecified atom stereocenters. The molecular weight excluding hydrogens is 322 g/mol. The third-order valence-electron chi connectivity index (χ3n) is 2.67. The Morgan fingerprint density at radius 2 is 2.10 bits per heavy atom. The van der Waals surface area contributed by atoms with Crippen molar-refractivity contribution in [1.29, 1.82) is 0 Å². The van der Waals surface area contributed by atoms with Crippen LogP contribution in [0, 0.1) is 0 Å². The zero-order valence-electron chi connectivity index (χ0n) is 11.2. The molecule has 2 aromatic rings. The lowest BCUT2D eigenvalue weighted by atomic mass is 10.2. The Morgan fingerprint density at radius 1 is 1.35 bits per heavy atom. The normalized spacial score (nSPS) is 10.5. The zero-order valence-corrected chi connectivity index (χ0v) is 12.8. The molecule has 0 atom stereocenters. The van der Waals surface area contributed by atoms with E-state index in [0.717, 1.165) is 10.0 Å². The summed E-state index contributed by atoms with van der Waals surface area (Å²) in [6.45, 7) is 3.03. The van der Waals surface area contributed by atoms with Gasteiger partial charge in [0.25, 0.3) is 5.91 Å². The summed E-state index contributed by atoms with van der Waals surface area (Å²) < 4.78 is 7.85. The van der Waals surface area contributed by atoms with Crippen LogP contribution in [0.4, 0.5) is 5.82 Å². The van der Waals surface area contributed by atoms with Gasteiger partial charge in [0.2, 0.25) is 0 Å². The maximum atomic E-state index is 11.6. The van der Waals surface area contributed by atoms with Crippen LogP contribution in [0.5, 0.6) is 0 Å². The third kappa shape index (κ3) is 4.18. The van der Waals surface area contributed by atoms with Crippen LogP contribution in [0.2, 0.25) is 0 Å². The van der Waals surface area contributed by atoms with Gasteiger partial charge in [0.05, 0.1) is 12.7 Å². The van der Waals surface area contributed by atoms with Crippen molar-refractivity contribution in [3.05, 3.63) is 46.6 Å². The molecule has 0 bridgehead atoms. The van der Waals surface area contributed by atoms with Crippen LogP contribution in [0.3, 0.4) is 0 Å². The molecule has 2 rings (SSSR count). The Hall–Kier alpha value is -1.66. The molecule has 0 spiro atoms. The highest BCUT2D eigenvalue weighted by Gasteiger charge is 2.07. The van der Waals surface area contributed by atoms with Gasteiger partial charge in [-0.15, -0.1) is 0 Å². The first kappa shape index (κ1) is 14.7. The molecule has 6 heteroatoms. The van der Waals surface area contributed by atoms with Crippen molar-refractivity contribution < 1.29 is 9.53 Å². The summed E-state index contributed by atoms with van der Waals surface area (Å²) in [5, 5.41) is 7.00. The van der Waals surface area contributed by atoms with Crippen molar-refractivity contribution in [3.63, 3.8) is 0 Å². The van der Waals surface area contributed by atoms with Crippen molar-refractivity contribution in [2.45, 2.75) is 13.5 Å². The molecular formula is C14H16BrN3O2. The number of hydrogen-bond acceptors (Lipinski definition) is 3. The van der Waals surface area contributed by atoms with Crippen LogP contribution in [-0.4, -0.2) is 28.9 Å². The number of benzene rings is 1. The molecule has 0 saturated heterocycles. The fourth-order valence-electron chi connectivity index (χ4n) is 1.70. The molecule has 1 amide bonds. The number of anilines is 1. The summed E-state index contributed by atoms with van der Waals surface area (Å²) in [6.07, 6.45) is 1.66. The summed E-state index contributed by atoms with van der Waals surface area (Å²) in [4.78, 5) is 11.6. The largest absolute Gasteiger partial charge is 0.372 e. The number of nitrogens with zero attached hydrogens (tertiary/aromatic N) is 2. The lowest BCUT2D eigenvalue weighted by Gasteiger charge is -2.09. The van der Waals surface area contributed by atoms with Crippen LogP contribution in [0.1, 0.15) is 12.5 Å². The zero-order chi connectivity index (χ0) is 14.4. The summed E-state index contributed by atoms with van der Waals surface area (Å²) in [5.41, 5.74) is 1.11. The van der Waals surface area contributed by atoms with Gasteiger partial charge in [-0.3, -0.25) is 4.79 Å². The Morgan fingerprint density at radius 3 is 2.80 bits per heavy atom. The van der Waals surface area contributed by atoms with Gasteiger partial charge in [0.15, 0.2) is 0 Å². The molecule has 0 aliphatic rings.